The maximum absolute atomic E-state index is 5.74. The summed E-state index contributed by atoms with van der Waals surface area (Å²) in [5.74, 6) is 1.02. The first-order chi connectivity index (χ1) is 7.86. The second-order valence-electron chi connectivity index (χ2n) is 3.11. The molecule has 0 aliphatic carbocycles. The fourth-order valence-electron chi connectivity index (χ4n) is 1.18. The zero-order valence-corrected chi connectivity index (χ0v) is 8.58. The Balaban J connectivity index is 2.08. The van der Waals surface area contributed by atoms with Crippen molar-refractivity contribution in [2.24, 2.45) is 15.9 Å². The predicted octanol–water partition coefficient (Wildman–Crippen LogP) is 2.02. The summed E-state index contributed by atoms with van der Waals surface area (Å²) in [5.41, 5.74) is 6.59. The van der Waals surface area contributed by atoms with E-state index < -0.39 is 0 Å². The molecule has 0 saturated carbocycles. The third-order valence-corrected chi connectivity index (χ3v) is 1.96. The van der Waals surface area contributed by atoms with Gasteiger partial charge in [-0.3, -0.25) is 0 Å². The molecular weight excluding hydrogens is 202 g/mol. The van der Waals surface area contributed by atoms with Crippen LogP contribution in [0.15, 0.2) is 63.3 Å². The topological polar surface area (TPSA) is 63.9 Å². The Morgan fingerprint density at radius 2 is 1.94 bits per heavy atom. The zero-order valence-electron chi connectivity index (χ0n) is 8.58. The standard InChI is InChI=1S/C12H11N3O/c13-12(10-5-2-1-3-6-10)15-14-9-11-7-4-8-16-11/h1-9H,(H2,13,15)/b14-9+. The summed E-state index contributed by atoms with van der Waals surface area (Å²) in [6.07, 6.45) is 3.08. The highest BCUT2D eigenvalue weighted by Crippen LogP contribution is 1.99. The fourth-order valence-corrected chi connectivity index (χ4v) is 1.18. The minimum Gasteiger partial charge on any atom is -0.463 e. The summed E-state index contributed by atoms with van der Waals surface area (Å²) in [5, 5.41) is 7.71. The van der Waals surface area contributed by atoms with Gasteiger partial charge in [0, 0.05) is 5.56 Å². The van der Waals surface area contributed by atoms with Gasteiger partial charge in [0.15, 0.2) is 5.84 Å². The van der Waals surface area contributed by atoms with E-state index >= 15 is 0 Å². The van der Waals surface area contributed by atoms with Crippen LogP contribution in [0.2, 0.25) is 0 Å². The van der Waals surface area contributed by atoms with Crippen LogP contribution >= 0.6 is 0 Å². The van der Waals surface area contributed by atoms with Gasteiger partial charge in [0.1, 0.15) is 5.76 Å². The average molecular weight is 213 g/mol. The summed E-state index contributed by atoms with van der Waals surface area (Å²) in [7, 11) is 0. The second kappa shape index (κ2) is 4.93. The minimum atomic E-state index is 0.378. The summed E-state index contributed by atoms with van der Waals surface area (Å²) >= 11 is 0. The van der Waals surface area contributed by atoms with Crippen molar-refractivity contribution in [1.29, 1.82) is 0 Å². The largest absolute Gasteiger partial charge is 0.463 e. The first-order valence-corrected chi connectivity index (χ1v) is 4.82. The molecule has 0 saturated heterocycles. The van der Waals surface area contributed by atoms with Crippen LogP contribution in [0.25, 0.3) is 0 Å². The van der Waals surface area contributed by atoms with Crippen molar-refractivity contribution < 1.29 is 4.42 Å². The molecule has 0 amide bonds. The van der Waals surface area contributed by atoms with E-state index in [2.05, 4.69) is 10.2 Å². The smallest absolute Gasteiger partial charge is 0.153 e. The van der Waals surface area contributed by atoms with Crippen molar-refractivity contribution in [2.75, 3.05) is 0 Å². The maximum Gasteiger partial charge on any atom is 0.153 e. The molecule has 4 heteroatoms. The van der Waals surface area contributed by atoms with E-state index in [4.69, 9.17) is 10.2 Å². The van der Waals surface area contributed by atoms with Gasteiger partial charge in [-0.25, -0.2) is 0 Å². The van der Waals surface area contributed by atoms with Gasteiger partial charge in [0.25, 0.3) is 0 Å². The lowest BCUT2D eigenvalue weighted by Crippen LogP contribution is -2.12. The van der Waals surface area contributed by atoms with Crippen LogP contribution in [0.3, 0.4) is 0 Å². The summed E-state index contributed by atoms with van der Waals surface area (Å²) < 4.78 is 5.06. The Kier molecular flexibility index (Phi) is 3.13. The van der Waals surface area contributed by atoms with Gasteiger partial charge in [-0.2, -0.15) is 5.10 Å². The lowest BCUT2D eigenvalue weighted by molar-refractivity contribution is 0.560. The minimum absolute atomic E-state index is 0.378. The molecule has 0 bridgehead atoms. The monoisotopic (exact) mass is 213 g/mol. The molecule has 0 aliphatic rings. The Labute approximate surface area is 93.1 Å². The molecule has 0 atom stereocenters. The first-order valence-electron chi connectivity index (χ1n) is 4.82. The molecule has 2 N–H and O–H groups in total. The van der Waals surface area contributed by atoms with E-state index in [0.717, 1.165) is 5.56 Å². The number of nitrogens with two attached hydrogens (primary N) is 1. The SMILES string of the molecule is N/C(=N\N=C\c1ccco1)c1ccccc1. The number of rotatable bonds is 3. The van der Waals surface area contributed by atoms with Crippen molar-refractivity contribution in [3.8, 4) is 0 Å². The number of hydrogen-bond donors (Lipinski definition) is 1. The molecule has 16 heavy (non-hydrogen) atoms. The number of nitrogens with zero attached hydrogens (tertiary/aromatic N) is 2. The van der Waals surface area contributed by atoms with E-state index in [1.165, 1.54) is 6.21 Å². The van der Waals surface area contributed by atoms with Gasteiger partial charge in [-0.1, -0.05) is 30.3 Å². The Morgan fingerprint density at radius 1 is 1.12 bits per heavy atom. The maximum atomic E-state index is 5.74. The predicted molar refractivity (Wildman–Crippen MR) is 63.5 cm³/mol. The Hall–Kier alpha value is -2.36. The third kappa shape index (κ3) is 2.57. The van der Waals surface area contributed by atoms with Crippen LogP contribution in [-0.4, -0.2) is 12.1 Å². The van der Waals surface area contributed by atoms with Crippen molar-refractivity contribution >= 4 is 12.1 Å². The lowest BCUT2D eigenvalue weighted by Gasteiger charge is -1.95. The van der Waals surface area contributed by atoms with Gasteiger partial charge in [-0.15, -0.1) is 5.10 Å². The number of amidine groups is 1. The van der Waals surface area contributed by atoms with Crippen molar-refractivity contribution in [3.05, 3.63) is 60.1 Å². The highest BCUT2D eigenvalue weighted by molar-refractivity contribution is 5.97. The fraction of sp³-hybridized carbons (Fsp3) is 0. The molecule has 2 rings (SSSR count). The first kappa shape index (κ1) is 10.2. The van der Waals surface area contributed by atoms with Crippen LogP contribution in [0.5, 0.6) is 0 Å². The van der Waals surface area contributed by atoms with E-state index in [-0.39, 0.29) is 0 Å². The van der Waals surface area contributed by atoms with E-state index in [0.29, 0.717) is 11.6 Å². The van der Waals surface area contributed by atoms with Crippen LogP contribution in [0.4, 0.5) is 0 Å². The van der Waals surface area contributed by atoms with Crippen LogP contribution in [-0.2, 0) is 0 Å². The van der Waals surface area contributed by atoms with Crippen molar-refractivity contribution in [2.45, 2.75) is 0 Å². The highest BCUT2D eigenvalue weighted by Gasteiger charge is 1.94. The molecule has 1 aromatic heterocycles. The molecule has 0 unspecified atom stereocenters. The summed E-state index contributed by atoms with van der Waals surface area (Å²) in [4.78, 5) is 0. The molecule has 1 heterocycles. The molecule has 4 nitrogen and oxygen atoms in total. The second-order valence-corrected chi connectivity index (χ2v) is 3.11. The molecule has 2 aromatic rings. The summed E-state index contributed by atoms with van der Waals surface area (Å²) in [6, 6.07) is 13.0. The average Bonchev–Trinajstić information content (AvgIpc) is 2.83. The van der Waals surface area contributed by atoms with Crippen LogP contribution in [0, 0.1) is 0 Å². The van der Waals surface area contributed by atoms with Gasteiger partial charge < -0.3 is 10.2 Å². The Morgan fingerprint density at radius 3 is 2.62 bits per heavy atom. The number of benzene rings is 1. The number of hydrogen-bond acceptors (Lipinski definition) is 3. The van der Waals surface area contributed by atoms with Gasteiger partial charge in [0.2, 0.25) is 0 Å². The van der Waals surface area contributed by atoms with Gasteiger partial charge in [0.05, 0.1) is 12.5 Å². The molecule has 80 valence electrons. The molecule has 0 fully saturated rings. The van der Waals surface area contributed by atoms with Gasteiger partial charge in [-0.05, 0) is 12.1 Å². The van der Waals surface area contributed by atoms with Crippen molar-refractivity contribution in [3.63, 3.8) is 0 Å². The lowest BCUT2D eigenvalue weighted by atomic mass is 10.2. The van der Waals surface area contributed by atoms with E-state index in [1.54, 1.807) is 18.4 Å². The highest BCUT2D eigenvalue weighted by atomic mass is 16.3. The normalized spacial score (nSPS) is 12.1. The van der Waals surface area contributed by atoms with Crippen LogP contribution < -0.4 is 5.73 Å². The third-order valence-electron chi connectivity index (χ3n) is 1.96. The van der Waals surface area contributed by atoms with E-state index in [1.807, 2.05) is 30.3 Å². The van der Waals surface area contributed by atoms with E-state index in [9.17, 15) is 0 Å². The summed E-state index contributed by atoms with van der Waals surface area (Å²) in [6.45, 7) is 0. The Bertz CT molecular complexity index is 486. The molecule has 0 spiro atoms. The zero-order chi connectivity index (χ0) is 11.2. The molecule has 1 aromatic carbocycles. The van der Waals surface area contributed by atoms with Crippen LogP contribution in [0.1, 0.15) is 11.3 Å². The molecule has 0 radical (unpaired) electrons. The van der Waals surface area contributed by atoms with Gasteiger partial charge >= 0.3 is 0 Å². The van der Waals surface area contributed by atoms with Crippen molar-refractivity contribution in [1.82, 2.24) is 0 Å². The molecular formula is C12H11N3O. The molecule has 0 aliphatic heterocycles. The quantitative estimate of drug-likeness (QED) is 0.481. The number of furan rings is 1.